The second-order valence-corrected chi connectivity index (χ2v) is 5.42. The van der Waals surface area contributed by atoms with Gasteiger partial charge in [-0.25, -0.2) is 4.98 Å². The molecule has 0 radical (unpaired) electrons. The van der Waals surface area contributed by atoms with E-state index in [1.54, 1.807) is 0 Å². The van der Waals surface area contributed by atoms with Crippen molar-refractivity contribution in [2.75, 3.05) is 6.54 Å². The minimum Gasteiger partial charge on any atom is -0.336 e. The molecule has 92 valence electrons. The Bertz CT molecular complexity index is 446. The number of imidazole rings is 1. The van der Waals surface area contributed by atoms with Crippen LogP contribution in [-0.2, 0) is 17.8 Å². The maximum absolute atomic E-state index is 12.1. The van der Waals surface area contributed by atoms with E-state index in [0.717, 1.165) is 32.4 Å². The minimum absolute atomic E-state index is 0.326. The standard InChI is InChI=1S/C13H19N3O/c1-9(2)16-8-14-11-5-6-15(7-12(11)16)13(17)10-3-4-10/h8-10H,3-7H2,1-2H3. The molecule has 2 heterocycles. The number of aromatic nitrogens is 2. The minimum atomic E-state index is 0.326. The van der Waals surface area contributed by atoms with Crippen LogP contribution in [0.25, 0.3) is 0 Å². The highest BCUT2D eigenvalue weighted by atomic mass is 16.2. The van der Waals surface area contributed by atoms with Crippen molar-refractivity contribution < 1.29 is 4.79 Å². The van der Waals surface area contributed by atoms with Gasteiger partial charge in [-0.05, 0) is 26.7 Å². The maximum Gasteiger partial charge on any atom is 0.226 e. The van der Waals surface area contributed by atoms with E-state index in [1.165, 1.54) is 11.4 Å². The summed E-state index contributed by atoms with van der Waals surface area (Å²) in [6, 6.07) is 0.419. The van der Waals surface area contributed by atoms with Gasteiger partial charge in [0.15, 0.2) is 0 Å². The zero-order valence-corrected chi connectivity index (χ0v) is 10.5. The average molecular weight is 233 g/mol. The van der Waals surface area contributed by atoms with Crippen molar-refractivity contribution in [1.29, 1.82) is 0 Å². The predicted octanol–water partition coefficient (Wildman–Crippen LogP) is 1.76. The lowest BCUT2D eigenvalue weighted by Crippen LogP contribution is -2.37. The fraction of sp³-hybridized carbons (Fsp3) is 0.692. The second-order valence-electron chi connectivity index (χ2n) is 5.42. The molecule has 0 saturated heterocycles. The first-order valence-electron chi connectivity index (χ1n) is 6.50. The molecule has 0 N–H and O–H groups in total. The number of nitrogens with zero attached hydrogens (tertiary/aromatic N) is 3. The summed E-state index contributed by atoms with van der Waals surface area (Å²) in [4.78, 5) is 18.5. The van der Waals surface area contributed by atoms with Gasteiger partial charge in [0, 0.05) is 24.9 Å². The fourth-order valence-electron chi connectivity index (χ4n) is 2.53. The van der Waals surface area contributed by atoms with Crippen molar-refractivity contribution in [1.82, 2.24) is 14.5 Å². The quantitative estimate of drug-likeness (QED) is 0.780. The van der Waals surface area contributed by atoms with Crippen LogP contribution < -0.4 is 0 Å². The van der Waals surface area contributed by atoms with E-state index >= 15 is 0 Å². The van der Waals surface area contributed by atoms with Crippen LogP contribution in [0.1, 0.15) is 44.1 Å². The molecule has 0 bridgehead atoms. The number of fused-ring (bicyclic) bond motifs is 1. The Balaban J connectivity index is 1.83. The van der Waals surface area contributed by atoms with E-state index in [0.29, 0.717) is 17.9 Å². The van der Waals surface area contributed by atoms with E-state index in [4.69, 9.17) is 0 Å². The number of rotatable bonds is 2. The van der Waals surface area contributed by atoms with E-state index in [2.05, 4.69) is 23.4 Å². The highest BCUT2D eigenvalue weighted by Crippen LogP contribution is 2.32. The van der Waals surface area contributed by atoms with Gasteiger partial charge in [0.05, 0.1) is 24.3 Å². The van der Waals surface area contributed by atoms with Crippen molar-refractivity contribution in [3.63, 3.8) is 0 Å². The first kappa shape index (κ1) is 10.8. The molecule has 2 aliphatic rings. The number of hydrogen-bond donors (Lipinski definition) is 0. The predicted molar refractivity (Wildman–Crippen MR) is 64.5 cm³/mol. The van der Waals surface area contributed by atoms with Crippen LogP contribution in [0.4, 0.5) is 0 Å². The van der Waals surface area contributed by atoms with Gasteiger partial charge in [-0.3, -0.25) is 4.79 Å². The second kappa shape index (κ2) is 3.86. The van der Waals surface area contributed by atoms with Crippen LogP contribution in [0.15, 0.2) is 6.33 Å². The zero-order chi connectivity index (χ0) is 12.0. The Morgan fingerprint density at radius 2 is 2.24 bits per heavy atom. The molecule has 1 fully saturated rings. The SMILES string of the molecule is CC(C)n1cnc2c1CN(C(=O)C1CC1)CC2. The Hall–Kier alpha value is -1.32. The van der Waals surface area contributed by atoms with Crippen LogP contribution >= 0.6 is 0 Å². The van der Waals surface area contributed by atoms with Crippen molar-refractivity contribution in [2.24, 2.45) is 5.92 Å². The Morgan fingerprint density at radius 1 is 1.47 bits per heavy atom. The molecular weight excluding hydrogens is 214 g/mol. The molecule has 4 heteroatoms. The normalized spacial score (nSPS) is 19.6. The molecule has 3 rings (SSSR count). The molecule has 1 aliphatic heterocycles. The van der Waals surface area contributed by atoms with Crippen LogP contribution in [0.2, 0.25) is 0 Å². The summed E-state index contributed by atoms with van der Waals surface area (Å²) in [5.41, 5.74) is 2.42. The maximum atomic E-state index is 12.1. The third kappa shape index (κ3) is 1.85. The number of amides is 1. The zero-order valence-electron chi connectivity index (χ0n) is 10.5. The third-order valence-electron chi connectivity index (χ3n) is 3.74. The van der Waals surface area contributed by atoms with E-state index in [9.17, 15) is 4.79 Å². The summed E-state index contributed by atoms with van der Waals surface area (Å²) in [7, 11) is 0. The average Bonchev–Trinajstić information content (AvgIpc) is 3.06. The summed E-state index contributed by atoms with van der Waals surface area (Å²) in [5, 5.41) is 0. The van der Waals surface area contributed by atoms with E-state index < -0.39 is 0 Å². The lowest BCUT2D eigenvalue weighted by atomic mass is 10.1. The van der Waals surface area contributed by atoms with Gasteiger partial charge in [0.2, 0.25) is 5.91 Å². The molecule has 0 atom stereocenters. The molecule has 0 unspecified atom stereocenters. The molecule has 4 nitrogen and oxygen atoms in total. The van der Waals surface area contributed by atoms with Gasteiger partial charge in [-0.15, -0.1) is 0 Å². The summed E-state index contributed by atoms with van der Waals surface area (Å²) in [5.74, 6) is 0.680. The van der Waals surface area contributed by atoms with Crippen LogP contribution in [0, 0.1) is 5.92 Å². The van der Waals surface area contributed by atoms with Gasteiger partial charge < -0.3 is 9.47 Å². The summed E-state index contributed by atoms with van der Waals surface area (Å²) in [6.07, 6.45) is 5.01. The molecule has 0 spiro atoms. The number of carbonyl (C=O) groups is 1. The van der Waals surface area contributed by atoms with E-state index in [1.807, 2.05) is 11.2 Å². The highest BCUT2D eigenvalue weighted by molar-refractivity contribution is 5.81. The van der Waals surface area contributed by atoms with E-state index in [-0.39, 0.29) is 0 Å². The van der Waals surface area contributed by atoms with Gasteiger partial charge in [-0.2, -0.15) is 0 Å². The Morgan fingerprint density at radius 3 is 2.88 bits per heavy atom. The molecule has 1 aromatic rings. The molecule has 1 aromatic heterocycles. The molecule has 17 heavy (non-hydrogen) atoms. The molecule has 1 saturated carbocycles. The molecular formula is C13H19N3O. The molecule has 1 amide bonds. The number of carbonyl (C=O) groups excluding carboxylic acids is 1. The van der Waals surface area contributed by atoms with Crippen molar-refractivity contribution in [2.45, 2.75) is 45.7 Å². The molecule has 1 aliphatic carbocycles. The van der Waals surface area contributed by atoms with Gasteiger partial charge >= 0.3 is 0 Å². The fourth-order valence-corrected chi connectivity index (χ4v) is 2.53. The lowest BCUT2D eigenvalue weighted by Gasteiger charge is -2.28. The summed E-state index contributed by atoms with van der Waals surface area (Å²) in [6.45, 7) is 5.91. The van der Waals surface area contributed by atoms with Crippen molar-refractivity contribution in [3.05, 3.63) is 17.7 Å². The van der Waals surface area contributed by atoms with Crippen LogP contribution in [-0.4, -0.2) is 26.9 Å². The molecule has 0 aromatic carbocycles. The highest BCUT2D eigenvalue weighted by Gasteiger charge is 2.35. The Kier molecular flexibility index (Phi) is 2.45. The lowest BCUT2D eigenvalue weighted by molar-refractivity contribution is -0.133. The van der Waals surface area contributed by atoms with Crippen molar-refractivity contribution >= 4 is 5.91 Å². The van der Waals surface area contributed by atoms with Gasteiger partial charge in [-0.1, -0.05) is 0 Å². The van der Waals surface area contributed by atoms with Crippen LogP contribution in [0.3, 0.4) is 0 Å². The summed E-state index contributed by atoms with van der Waals surface area (Å²) < 4.78 is 2.20. The monoisotopic (exact) mass is 233 g/mol. The Labute approximate surface area is 102 Å². The first-order chi connectivity index (χ1) is 8.16. The summed E-state index contributed by atoms with van der Waals surface area (Å²) >= 11 is 0. The van der Waals surface area contributed by atoms with Crippen LogP contribution in [0.5, 0.6) is 0 Å². The topological polar surface area (TPSA) is 38.1 Å². The van der Waals surface area contributed by atoms with Crippen molar-refractivity contribution in [3.8, 4) is 0 Å². The third-order valence-corrected chi connectivity index (χ3v) is 3.74. The van der Waals surface area contributed by atoms with Gasteiger partial charge in [0.1, 0.15) is 0 Å². The largest absolute Gasteiger partial charge is 0.336 e. The first-order valence-corrected chi connectivity index (χ1v) is 6.50. The van der Waals surface area contributed by atoms with Gasteiger partial charge in [0.25, 0.3) is 0 Å². The number of hydrogen-bond acceptors (Lipinski definition) is 2. The smallest absolute Gasteiger partial charge is 0.226 e.